The molecule has 0 aromatic carbocycles. The molecule has 0 aliphatic carbocycles. The summed E-state index contributed by atoms with van der Waals surface area (Å²) in [5.74, 6) is 0. The first kappa shape index (κ1) is 11.0. The van der Waals surface area contributed by atoms with Crippen molar-refractivity contribution < 1.29 is 4.92 Å². The van der Waals surface area contributed by atoms with Gasteiger partial charge in [-0.1, -0.05) is 23.2 Å². The normalized spacial score (nSPS) is 9.93. The molecule has 0 bridgehead atoms. The minimum Gasteiger partial charge on any atom is -0.380 e. The first-order valence-corrected chi connectivity index (χ1v) is 4.56. The first-order valence-electron chi connectivity index (χ1n) is 3.80. The highest BCUT2D eigenvalue weighted by Gasteiger charge is 2.20. The predicted octanol–water partition coefficient (Wildman–Crippen LogP) is 2.73. The number of rotatable bonds is 3. The summed E-state index contributed by atoms with van der Waals surface area (Å²) in [7, 11) is 0. The van der Waals surface area contributed by atoms with Crippen LogP contribution in [0.15, 0.2) is 6.07 Å². The van der Waals surface area contributed by atoms with Crippen LogP contribution in [0.4, 0.5) is 11.4 Å². The summed E-state index contributed by atoms with van der Waals surface area (Å²) in [6.45, 7) is 2.35. The van der Waals surface area contributed by atoms with Crippen LogP contribution in [0.3, 0.4) is 0 Å². The van der Waals surface area contributed by atoms with Crippen molar-refractivity contribution in [1.29, 1.82) is 0 Å². The van der Waals surface area contributed by atoms with E-state index in [2.05, 4.69) is 10.3 Å². The van der Waals surface area contributed by atoms with Crippen LogP contribution in [0.5, 0.6) is 0 Å². The van der Waals surface area contributed by atoms with Crippen molar-refractivity contribution in [3.8, 4) is 0 Å². The van der Waals surface area contributed by atoms with E-state index in [4.69, 9.17) is 23.2 Å². The fraction of sp³-hybridized carbons (Fsp3) is 0.286. The van der Waals surface area contributed by atoms with Crippen molar-refractivity contribution in [1.82, 2.24) is 4.98 Å². The lowest BCUT2D eigenvalue weighted by atomic mass is 10.3. The Hall–Kier alpha value is -1.07. The van der Waals surface area contributed by atoms with Gasteiger partial charge in [0.15, 0.2) is 0 Å². The molecule has 0 spiro atoms. The lowest BCUT2D eigenvalue weighted by Gasteiger charge is -2.05. The van der Waals surface area contributed by atoms with E-state index in [1.807, 2.05) is 6.92 Å². The molecule has 0 aliphatic rings. The van der Waals surface area contributed by atoms with E-state index >= 15 is 0 Å². The van der Waals surface area contributed by atoms with Crippen molar-refractivity contribution in [3.05, 3.63) is 26.5 Å². The average Bonchev–Trinajstić information content (AvgIpc) is 2.01. The fourth-order valence-electron chi connectivity index (χ4n) is 0.976. The number of anilines is 1. The summed E-state index contributed by atoms with van der Waals surface area (Å²) in [4.78, 5) is 13.6. The standard InChI is InChI=1S/C7H7Cl2N3O2/c1-2-10-4-3-5(8)11-7(9)6(4)12(13)14/h3H,2H2,1H3,(H,10,11). The highest BCUT2D eigenvalue weighted by molar-refractivity contribution is 6.34. The van der Waals surface area contributed by atoms with Crippen LogP contribution in [-0.2, 0) is 0 Å². The molecule has 0 saturated carbocycles. The molecule has 0 radical (unpaired) electrons. The molecule has 1 aromatic rings. The Morgan fingerprint density at radius 3 is 2.79 bits per heavy atom. The second-order valence-electron chi connectivity index (χ2n) is 2.42. The largest absolute Gasteiger partial charge is 0.380 e. The molecule has 0 atom stereocenters. The van der Waals surface area contributed by atoms with E-state index in [9.17, 15) is 10.1 Å². The summed E-state index contributed by atoms with van der Waals surface area (Å²) in [6.07, 6.45) is 0. The highest BCUT2D eigenvalue weighted by Crippen LogP contribution is 2.32. The molecule has 0 amide bonds. The SMILES string of the molecule is CCNc1cc(Cl)nc(Cl)c1[N+](=O)[O-]. The van der Waals surface area contributed by atoms with Gasteiger partial charge in [-0.15, -0.1) is 0 Å². The number of nitrogens with one attached hydrogen (secondary N) is 1. The van der Waals surface area contributed by atoms with Crippen LogP contribution in [0.25, 0.3) is 0 Å². The van der Waals surface area contributed by atoms with E-state index in [1.54, 1.807) is 0 Å². The predicted molar refractivity (Wildman–Crippen MR) is 55.1 cm³/mol. The Labute approximate surface area is 90.2 Å². The van der Waals surface area contributed by atoms with Gasteiger partial charge in [-0.25, -0.2) is 4.98 Å². The van der Waals surface area contributed by atoms with Crippen molar-refractivity contribution in [3.63, 3.8) is 0 Å². The number of hydrogen-bond acceptors (Lipinski definition) is 4. The molecule has 0 fully saturated rings. The fourth-order valence-corrected chi connectivity index (χ4v) is 1.48. The topological polar surface area (TPSA) is 68.1 Å². The van der Waals surface area contributed by atoms with E-state index in [0.717, 1.165) is 0 Å². The summed E-state index contributed by atoms with van der Waals surface area (Å²) < 4.78 is 0. The van der Waals surface area contributed by atoms with Crippen LogP contribution >= 0.6 is 23.2 Å². The second-order valence-corrected chi connectivity index (χ2v) is 3.16. The lowest BCUT2D eigenvalue weighted by Crippen LogP contribution is -2.02. The molecular formula is C7H7Cl2N3O2. The summed E-state index contributed by atoms with van der Waals surface area (Å²) in [6, 6.07) is 1.37. The Balaban J connectivity index is 3.28. The van der Waals surface area contributed by atoms with Gasteiger partial charge < -0.3 is 5.32 Å². The Morgan fingerprint density at radius 2 is 2.29 bits per heavy atom. The van der Waals surface area contributed by atoms with E-state index in [0.29, 0.717) is 6.54 Å². The molecule has 5 nitrogen and oxygen atoms in total. The van der Waals surface area contributed by atoms with E-state index in [1.165, 1.54) is 6.07 Å². The maximum absolute atomic E-state index is 10.6. The van der Waals surface area contributed by atoms with Crippen molar-refractivity contribution in [2.45, 2.75) is 6.92 Å². The van der Waals surface area contributed by atoms with Gasteiger partial charge in [0.1, 0.15) is 10.8 Å². The number of halogens is 2. The van der Waals surface area contributed by atoms with Gasteiger partial charge in [0, 0.05) is 12.6 Å². The second kappa shape index (κ2) is 4.43. The molecule has 7 heteroatoms. The van der Waals surface area contributed by atoms with Gasteiger partial charge in [-0.2, -0.15) is 0 Å². The molecule has 0 unspecified atom stereocenters. The quantitative estimate of drug-likeness (QED) is 0.497. The van der Waals surface area contributed by atoms with E-state index < -0.39 is 4.92 Å². The van der Waals surface area contributed by atoms with Gasteiger partial charge in [0.2, 0.25) is 5.15 Å². The minimum atomic E-state index is -0.594. The van der Waals surface area contributed by atoms with Crippen LogP contribution in [0.1, 0.15) is 6.92 Å². The van der Waals surface area contributed by atoms with Crippen molar-refractivity contribution in [2.24, 2.45) is 0 Å². The molecule has 76 valence electrons. The lowest BCUT2D eigenvalue weighted by molar-refractivity contribution is -0.384. The number of nitro groups is 1. The van der Waals surface area contributed by atoms with Crippen LogP contribution < -0.4 is 5.32 Å². The monoisotopic (exact) mass is 235 g/mol. The third kappa shape index (κ3) is 2.24. The molecule has 14 heavy (non-hydrogen) atoms. The maximum atomic E-state index is 10.6. The zero-order valence-electron chi connectivity index (χ0n) is 7.25. The van der Waals surface area contributed by atoms with Gasteiger partial charge in [0.05, 0.1) is 4.92 Å². The number of hydrogen-bond donors (Lipinski definition) is 1. The van der Waals surface area contributed by atoms with Crippen molar-refractivity contribution in [2.75, 3.05) is 11.9 Å². The molecule has 1 aromatic heterocycles. The van der Waals surface area contributed by atoms with Crippen LogP contribution in [0, 0.1) is 10.1 Å². The minimum absolute atomic E-state index is 0.122. The summed E-state index contributed by atoms with van der Waals surface area (Å²) in [5.41, 5.74) is 0.0282. The smallest absolute Gasteiger partial charge is 0.329 e. The van der Waals surface area contributed by atoms with Gasteiger partial charge in [0.25, 0.3) is 0 Å². The zero-order chi connectivity index (χ0) is 10.7. The van der Waals surface area contributed by atoms with Crippen molar-refractivity contribution >= 4 is 34.6 Å². The maximum Gasteiger partial charge on any atom is 0.329 e. The molecule has 1 heterocycles. The van der Waals surface area contributed by atoms with Gasteiger partial charge in [-0.3, -0.25) is 10.1 Å². The molecule has 1 N–H and O–H groups in total. The third-order valence-corrected chi connectivity index (χ3v) is 1.93. The van der Waals surface area contributed by atoms with E-state index in [-0.39, 0.29) is 21.7 Å². The Kier molecular flexibility index (Phi) is 3.49. The van der Waals surface area contributed by atoms with Gasteiger partial charge >= 0.3 is 5.69 Å². The first-order chi connectivity index (χ1) is 6.56. The summed E-state index contributed by atoms with van der Waals surface area (Å²) in [5, 5.41) is 13.3. The van der Waals surface area contributed by atoms with Crippen LogP contribution in [0.2, 0.25) is 10.3 Å². The summed E-state index contributed by atoms with van der Waals surface area (Å²) >= 11 is 11.2. The number of nitrogens with zero attached hydrogens (tertiary/aromatic N) is 2. The van der Waals surface area contributed by atoms with Gasteiger partial charge in [-0.05, 0) is 6.92 Å². The number of aromatic nitrogens is 1. The van der Waals surface area contributed by atoms with Crippen LogP contribution in [-0.4, -0.2) is 16.5 Å². The Bertz CT molecular complexity index is 370. The molecule has 0 saturated heterocycles. The molecule has 0 aliphatic heterocycles. The third-order valence-electron chi connectivity index (χ3n) is 1.47. The molecular weight excluding hydrogens is 229 g/mol. The average molecular weight is 236 g/mol. The molecule has 1 rings (SSSR count). The number of pyridine rings is 1. The highest BCUT2D eigenvalue weighted by atomic mass is 35.5. The zero-order valence-corrected chi connectivity index (χ0v) is 8.76. The Morgan fingerprint density at radius 1 is 1.64 bits per heavy atom.